The lowest BCUT2D eigenvalue weighted by Gasteiger charge is -2.35. The van der Waals surface area contributed by atoms with E-state index in [2.05, 4.69) is 88.6 Å². The molecule has 0 saturated heterocycles. The van der Waals surface area contributed by atoms with E-state index in [1.807, 2.05) is 10.7 Å². The Morgan fingerprint density at radius 2 is 1.84 bits per heavy atom. The van der Waals surface area contributed by atoms with E-state index in [1.54, 1.807) is 0 Å². The van der Waals surface area contributed by atoms with Crippen molar-refractivity contribution in [1.29, 1.82) is 0 Å². The third-order valence-electron chi connectivity index (χ3n) is 7.96. The first kappa shape index (κ1) is 25.3. The summed E-state index contributed by atoms with van der Waals surface area (Å²) in [6.45, 7) is 7.75. The molecule has 7 heteroatoms. The zero-order chi connectivity index (χ0) is 25.8. The highest BCUT2D eigenvalue weighted by molar-refractivity contribution is 5.80. The largest absolute Gasteiger partial charge is 0.322 e. The Morgan fingerprint density at radius 3 is 2.59 bits per heavy atom. The highest BCUT2D eigenvalue weighted by Crippen LogP contribution is 2.34. The van der Waals surface area contributed by atoms with Crippen molar-refractivity contribution < 1.29 is 0 Å². The number of nitrogens with zero attached hydrogens (tertiary/aromatic N) is 5. The van der Waals surface area contributed by atoms with E-state index < -0.39 is 0 Å². The molecule has 2 aromatic carbocycles. The molecule has 5 rings (SSSR count). The number of benzene rings is 2. The van der Waals surface area contributed by atoms with Crippen LogP contribution in [0.5, 0.6) is 0 Å². The summed E-state index contributed by atoms with van der Waals surface area (Å²) in [6, 6.07) is 17.3. The zero-order valence-corrected chi connectivity index (χ0v) is 22.3. The van der Waals surface area contributed by atoms with Gasteiger partial charge in [0.15, 0.2) is 5.82 Å². The summed E-state index contributed by atoms with van der Waals surface area (Å²) in [6.07, 6.45) is 7.60. The zero-order valence-electron chi connectivity index (χ0n) is 22.3. The van der Waals surface area contributed by atoms with Gasteiger partial charge in [0.05, 0.1) is 6.04 Å². The molecule has 1 unspecified atom stereocenters. The monoisotopic (exact) mass is 498 g/mol. The van der Waals surface area contributed by atoms with E-state index in [4.69, 9.17) is 0 Å². The van der Waals surface area contributed by atoms with Crippen LogP contribution in [-0.2, 0) is 19.5 Å². The van der Waals surface area contributed by atoms with Crippen LogP contribution in [0, 0.1) is 13.8 Å². The standard InChI is InChI=1S/C30H38N6O/c1-4-10-28(29-32-33-34-36(29)16-15-23-11-6-5-7-12-23)35(26-13-8-9-14-26)20-25-19-24-17-21(2)22(3)18-27(24)31-30(25)37/h5-7,11-12,17-19,26,28H,4,8-10,13-16,20H2,1-3H3,(H,31,37). The smallest absolute Gasteiger partial charge is 0.252 e. The molecule has 1 fully saturated rings. The van der Waals surface area contributed by atoms with E-state index in [0.29, 0.717) is 12.6 Å². The van der Waals surface area contributed by atoms with Crippen LogP contribution in [0.3, 0.4) is 0 Å². The molecule has 1 atom stereocenters. The molecule has 0 spiro atoms. The van der Waals surface area contributed by atoms with E-state index in [0.717, 1.165) is 60.9 Å². The summed E-state index contributed by atoms with van der Waals surface area (Å²) in [7, 11) is 0. The van der Waals surface area contributed by atoms with Gasteiger partial charge in [0.2, 0.25) is 0 Å². The summed E-state index contributed by atoms with van der Waals surface area (Å²) in [4.78, 5) is 18.9. The topological polar surface area (TPSA) is 79.7 Å². The average molecular weight is 499 g/mol. The molecule has 7 nitrogen and oxygen atoms in total. The minimum atomic E-state index is -0.00216. The van der Waals surface area contributed by atoms with Gasteiger partial charge < -0.3 is 4.98 Å². The number of rotatable bonds is 10. The van der Waals surface area contributed by atoms with Crippen molar-refractivity contribution in [3.63, 3.8) is 0 Å². The van der Waals surface area contributed by atoms with Gasteiger partial charge in [0, 0.05) is 30.2 Å². The Morgan fingerprint density at radius 1 is 1.08 bits per heavy atom. The first-order valence-electron chi connectivity index (χ1n) is 13.7. The molecular weight excluding hydrogens is 460 g/mol. The van der Waals surface area contributed by atoms with Crippen molar-refractivity contribution in [3.05, 3.63) is 87.0 Å². The lowest BCUT2D eigenvalue weighted by molar-refractivity contribution is 0.108. The summed E-state index contributed by atoms with van der Waals surface area (Å²) in [5.74, 6) is 0.911. The summed E-state index contributed by atoms with van der Waals surface area (Å²) in [5.41, 5.74) is 5.41. The fourth-order valence-electron chi connectivity index (χ4n) is 5.77. The number of pyridine rings is 1. The van der Waals surface area contributed by atoms with Crippen molar-refractivity contribution in [2.75, 3.05) is 0 Å². The van der Waals surface area contributed by atoms with E-state index in [1.165, 1.54) is 29.5 Å². The van der Waals surface area contributed by atoms with Crippen LogP contribution in [-0.4, -0.2) is 36.1 Å². The van der Waals surface area contributed by atoms with Crippen molar-refractivity contribution in [2.24, 2.45) is 0 Å². The second kappa shape index (κ2) is 11.4. The molecule has 0 amide bonds. The Hall–Kier alpha value is -3.32. The molecule has 37 heavy (non-hydrogen) atoms. The van der Waals surface area contributed by atoms with Gasteiger partial charge in [0.1, 0.15) is 0 Å². The molecule has 0 bridgehead atoms. The number of H-pyrrole nitrogens is 1. The highest BCUT2D eigenvalue weighted by atomic mass is 16.1. The molecule has 1 saturated carbocycles. The van der Waals surface area contributed by atoms with Crippen LogP contribution >= 0.6 is 0 Å². The molecule has 1 aliphatic rings. The van der Waals surface area contributed by atoms with Crippen molar-refractivity contribution in [3.8, 4) is 0 Å². The molecule has 2 aromatic heterocycles. The summed E-state index contributed by atoms with van der Waals surface area (Å²) in [5, 5.41) is 14.1. The van der Waals surface area contributed by atoms with E-state index in [9.17, 15) is 4.79 Å². The van der Waals surface area contributed by atoms with Gasteiger partial charge in [0.25, 0.3) is 5.56 Å². The van der Waals surface area contributed by atoms with E-state index in [-0.39, 0.29) is 11.6 Å². The maximum atomic E-state index is 13.2. The van der Waals surface area contributed by atoms with Gasteiger partial charge >= 0.3 is 0 Å². The van der Waals surface area contributed by atoms with Crippen LogP contribution in [0.1, 0.15) is 79.6 Å². The quantitative estimate of drug-likeness (QED) is 0.305. The van der Waals surface area contributed by atoms with Crippen LogP contribution in [0.25, 0.3) is 10.9 Å². The predicted molar refractivity (Wildman–Crippen MR) is 147 cm³/mol. The molecule has 4 aromatic rings. The van der Waals surface area contributed by atoms with Crippen LogP contribution in [0.4, 0.5) is 0 Å². The Bertz CT molecular complexity index is 1390. The molecule has 1 aliphatic carbocycles. The van der Waals surface area contributed by atoms with Gasteiger partial charge in [-0.3, -0.25) is 9.69 Å². The summed E-state index contributed by atoms with van der Waals surface area (Å²) >= 11 is 0. The minimum Gasteiger partial charge on any atom is -0.322 e. The normalized spacial score (nSPS) is 15.1. The third-order valence-corrected chi connectivity index (χ3v) is 7.96. The number of nitrogens with one attached hydrogen (secondary N) is 1. The van der Waals surface area contributed by atoms with Crippen molar-refractivity contribution in [1.82, 2.24) is 30.1 Å². The Kier molecular flexibility index (Phi) is 7.79. The molecule has 0 aliphatic heterocycles. The number of aromatic nitrogens is 5. The third kappa shape index (κ3) is 5.67. The Labute approximate surface area is 218 Å². The maximum absolute atomic E-state index is 13.2. The van der Waals surface area contributed by atoms with E-state index >= 15 is 0 Å². The van der Waals surface area contributed by atoms with Gasteiger partial charge in [-0.25, -0.2) is 4.68 Å². The number of fused-ring (bicyclic) bond motifs is 1. The molecular formula is C30H38N6O. The minimum absolute atomic E-state index is 0.00216. The predicted octanol–water partition coefficient (Wildman–Crippen LogP) is 5.66. The van der Waals surface area contributed by atoms with Crippen LogP contribution in [0.2, 0.25) is 0 Å². The number of aromatic amines is 1. The molecule has 0 radical (unpaired) electrons. The molecule has 1 N–H and O–H groups in total. The van der Waals surface area contributed by atoms with Crippen LogP contribution < -0.4 is 5.56 Å². The number of aryl methyl sites for hydroxylation is 4. The number of tetrazole rings is 1. The molecule has 194 valence electrons. The van der Waals surface area contributed by atoms with Crippen molar-refractivity contribution >= 4 is 10.9 Å². The lowest BCUT2D eigenvalue weighted by Crippen LogP contribution is -2.39. The summed E-state index contributed by atoms with van der Waals surface area (Å²) < 4.78 is 1.98. The second-order valence-electron chi connectivity index (χ2n) is 10.6. The second-order valence-corrected chi connectivity index (χ2v) is 10.6. The van der Waals surface area contributed by atoms with Gasteiger partial charge in [-0.1, -0.05) is 56.5 Å². The fraction of sp³-hybridized carbons (Fsp3) is 0.467. The number of hydrogen-bond donors (Lipinski definition) is 1. The highest BCUT2D eigenvalue weighted by Gasteiger charge is 2.33. The SMILES string of the molecule is CCCC(c1nnnn1CCc1ccccc1)N(Cc1cc2cc(C)c(C)cc2[nH]c1=O)C1CCCC1. The van der Waals surface area contributed by atoms with Gasteiger partial charge in [-0.05, 0) is 90.2 Å². The average Bonchev–Trinajstić information content (AvgIpc) is 3.59. The maximum Gasteiger partial charge on any atom is 0.252 e. The number of hydrogen-bond acceptors (Lipinski definition) is 5. The Balaban J connectivity index is 1.48. The fourth-order valence-corrected chi connectivity index (χ4v) is 5.77. The lowest BCUT2D eigenvalue weighted by atomic mass is 10.0. The van der Waals surface area contributed by atoms with Gasteiger partial charge in [-0.2, -0.15) is 0 Å². The van der Waals surface area contributed by atoms with Crippen molar-refractivity contribution in [2.45, 2.75) is 90.9 Å². The molecule has 2 heterocycles. The van der Waals surface area contributed by atoms with Crippen LogP contribution in [0.15, 0.2) is 53.3 Å². The van der Waals surface area contributed by atoms with Gasteiger partial charge in [-0.15, -0.1) is 5.10 Å². The first-order valence-corrected chi connectivity index (χ1v) is 13.7. The first-order chi connectivity index (χ1) is 18.0.